The van der Waals surface area contributed by atoms with Crippen molar-refractivity contribution in [2.24, 2.45) is 0 Å². The molecule has 1 N–H and O–H groups in total. The molecule has 0 fully saturated rings. The maximum atomic E-state index is 13.7. The largest absolute Gasteiger partial charge is 0.497 e. The molecule has 0 heterocycles. The Kier molecular flexibility index (Phi) is 9.42. The first-order chi connectivity index (χ1) is 17.6. The molecule has 0 radical (unpaired) electrons. The maximum Gasteiger partial charge on any atom is 0.264 e. The van der Waals surface area contributed by atoms with Crippen LogP contribution in [0.15, 0.2) is 77.7 Å². The van der Waals surface area contributed by atoms with Gasteiger partial charge in [-0.05, 0) is 55.0 Å². The summed E-state index contributed by atoms with van der Waals surface area (Å²) in [4.78, 5) is 27.6. The first-order valence-electron chi connectivity index (χ1n) is 11.2. The van der Waals surface area contributed by atoms with E-state index in [9.17, 15) is 18.0 Å². The number of hydrogen-bond donors (Lipinski definition) is 1. The lowest BCUT2D eigenvalue weighted by Gasteiger charge is -2.32. The normalized spacial score (nSPS) is 11.9. The Morgan fingerprint density at radius 1 is 1.00 bits per heavy atom. The van der Waals surface area contributed by atoms with E-state index in [4.69, 9.17) is 27.9 Å². The van der Waals surface area contributed by atoms with E-state index in [2.05, 4.69) is 5.32 Å². The number of sulfonamides is 1. The molecule has 0 aliphatic rings. The maximum absolute atomic E-state index is 13.7. The quantitative estimate of drug-likeness (QED) is 0.395. The molecule has 0 aliphatic carbocycles. The molecule has 0 spiro atoms. The molecule has 8 nitrogen and oxygen atoms in total. The van der Waals surface area contributed by atoms with Crippen molar-refractivity contribution in [2.45, 2.75) is 24.4 Å². The fourth-order valence-electron chi connectivity index (χ4n) is 3.68. The summed E-state index contributed by atoms with van der Waals surface area (Å²) in [6, 6.07) is 18.2. The number of nitrogens with zero attached hydrogens (tertiary/aromatic N) is 2. The third kappa shape index (κ3) is 6.74. The van der Waals surface area contributed by atoms with Gasteiger partial charge in [-0.2, -0.15) is 0 Å². The van der Waals surface area contributed by atoms with Crippen molar-refractivity contribution in [1.29, 1.82) is 0 Å². The van der Waals surface area contributed by atoms with Gasteiger partial charge >= 0.3 is 0 Å². The van der Waals surface area contributed by atoms with Gasteiger partial charge in [0.1, 0.15) is 18.3 Å². The molecule has 2 amide bonds. The van der Waals surface area contributed by atoms with Crippen molar-refractivity contribution in [2.75, 3.05) is 25.0 Å². The summed E-state index contributed by atoms with van der Waals surface area (Å²) in [5.41, 5.74) is 0.780. The first-order valence-corrected chi connectivity index (χ1v) is 13.4. The highest BCUT2D eigenvalue weighted by atomic mass is 35.5. The molecule has 196 valence electrons. The third-order valence-electron chi connectivity index (χ3n) is 5.69. The number of rotatable bonds is 10. The van der Waals surface area contributed by atoms with Crippen LogP contribution in [0.25, 0.3) is 0 Å². The number of amides is 2. The van der Waals surface area contributed by atoms with Crippen LogP contribution in [0.1, 0.15) is 12.5 Å². The highest BCUT2D eigenvalue weighted by Gasteiger charge is 2.33. The van der Waals surface area contributed by atoms with Gasteiger partial charge in [0.05, 0.1) is 22.7 Å². The van der Waals surface area contributed by atoms with E-state index in [1.165, 1.54) is 49.4 Å². The minimum absolute atomic E-state index is 0.0208. The summed E-state index contributed by atoms with van der Waals surface area (Å²) < 4.78 is 33.6. The van der Waals surface area contributed by atoms with Crippen LogP contribution >= 0.6 is 23.2 Å². The molecule has 0 bridgehead atoms. The predicted molar refractivity (Wildman–Crippen MR) is 145 cm³/mol. The molecule has 0 saturated carbocycles. The SMILES string of the molecule is CNC(=O)[C@H](C)N(Cc1cccc(OC)c1)C(=O)CN(c1ccc(Cl)cc1Cl)S(=O)(=O)c1ccccc1. The number of ether oxygens (including phenoxy) is 1. The van der Waals surface area contributed by atoms with E-state index in [0.717, 1.165) is 4.31 Å². The second kappa shape index (κ2) is 12.3. The van der Waals surface area contributed by atoms with Crippen molar-refractivity contribution >= 4 is 50.7 Å². The van der Waals surface area contributed by atoms with Crippen LogP contribution in [-0.4, -0.2) is 51.9 Å². The summed E-state index contributed by atoms with van der Waals surface area (Å²) in [5, 5.41) is 2.90. The van der Waals surface area contributed by atoms with Gasteiger partial charge in [-0.3, -0.25) is 13.9 Å². The Balaban J connectivity index is 2.06. The standard InChI is InChI=1S/C26H27Cl2N3O5S/c1-18(26(33)29-2)30(16-19-8-7-9-21(14-19)36-3)25(32)17-31(24-13-12-20(27)15-23(24)28)37(34,35)22-10-5-4-6-11-22/h4-15,18H,16-17H2,1-3H3,(H,29,33)/t18-/m0/s1. The molecule has 0 saturated heterocycles. The number of carbonyl (C=O) groups excluding carboxylic acids is 2. The van der Waals surface area contributed by atoms with Crippen molar-refractivity contribution in [3.8, 4) is 5.75 Å². The monoisotopic (exact) mass is 563 g/mol. The van der Waals surface area contributed by atoms with Crippen LogP contribution in [0.5, 0.6) is 5.75 Å². The summed E-state index contributed by atoms with van der Waals surface area (Å²) in [6.45, 7) is 1.00. The van der Waals surface area contributed by atoms with Gasteiger partial charge in [-0.25, -0.2) is 8.42 Å². The Bertz CT molecular complexity index is 1370. The fourth-order valence-corrected chi connectivity index (χ4v) is 5.69. The van der Waals surface area contributed by atoms with Crippen LogP contribution in [0.4, 0.5) is 5.69 Å². The highest BCUT2D eigenvalue weighted by Crippen LogP contribution is 2.33. The van der Waals surface area contributed by atoms with E-state index < -0.39 is 34.4 Å². The van der Waals surface area contributed by atoms with Crippen molar-refractivity contribution < 1.29 is 22.7 Å². The lowest BCUT2D eigenvalue weighted by Crippen LogP contribution is -2.50. The molecule has 3 aromatic rings. The van der Waals surface area contributed by atoms with E-state index in [-0.39, 0.29) is 22.2 Å². The molecule has 3 aromatic carbocycles. The number of methoxy groups -OCH3 is 1. The zero-order valence-electron chi connectivity index (χ0n) is 20.5. The molecule has 11 heteroatoms. The fraction of sp³-hybridized carbons (Fsp3) is 0.231. The van der Waals surface area contributed by atoms with E-state index in [0.29, 0.717) is 16.3 Å². The number of hydrogen-bond acceptors (Lipinski definition) is 5. The Morgan fingerprint density at radius 3 is 2.32 bits per heavy atom. The summed E-state index contributed by atoms with van der Waals surface area (Å²) in [6.07, 6.45) is 0. The van der Waals surface area contributed by atoms with Crippen LogP contribution < -0.4 is 14.4 Å². The lowest BCUT2D eigenvalue weighted by atomic mass is 10.1. The molecule has 37 heavy (non-hydrogen) atoms. The number of nitrogens with one attached hydrogen (secondary N) is 1. The lowest BCUT2D eigenvalue weighted by molar-refractivity contribution is -0.139. The van der Waals surface area contributed by atoms with Crippen LogP contribution in [0.2, 0.25) is 10.0 Å². The summed E-state index contributed by atoms with van der Waals surface area (Å²) >= 11 is 12.4. The summed E-state index contributed by atoms with van der Waals surface area (Å²) in [5.74, 6) is -0.429. The minimum atomic E-state index is -4.22. The second-order valence-corrected chi connectivity index (χ2v) is 10.8. The second-order valence-electron chi connectivity index (χ2n) is 8.08. The Labute approximate surface area is 226 Å². The molecular weight excluding hydrogens is 537 g/mol. The van der Waals surface area contributed by atoms with Crippen molar-refractivity contribution in [1.82, 2.24) is 10.2 Å². The first kappa shape index (κ1) is 28.3. The van der Waals surface area contributed by atoms with Gasteiger partial charge in [0.25, 0.3) is 10.0 Å². The predicted octanol–water partition coefficient (Wildman–Crippen LogP) is 4.36. The van der Waals surface area contributed by atoms with Gasteiger partial charge in [0, 0.05) is 18.6 Å². The molecule has 1 atom stereocenters. The highest BCUT2D eigenvalue weighted by molar-refractivity contribution is 7.92. The van der Waals surface area contributed by atoms with Crippen molar-refractivity contribution in [3.05, 3.63) is 88.4 Å². The molecule has 0 aliphatic heterocycles. The zero-order chi connectivity index (χ0) is 27.2. The molecule has 3 rings (SSSR count). The Hall–Kier alpha value is -3.27. The van der Waals surface area contributed by atoms with Gasteiger partial charge in [0.15, 0.2) is 0 Å². The Morgan fingerprint density at radius 2 is 1.70 bits per heavy atom. The van der Waals surface area contributed by atoms with Crippen LogP contribution in [-0.2, 0) is 26.2 Å². The van der Waals surface area contributed by atoms with E-state index in [1.807, 2.05) is 0 Å². The number of anilines is 1. The number of benzene rings is 3. The van der Waals surface area contributed by atoms with E-state index >= 15 is 0 Å². The number of halogens is 2. The molecular formula is C26H27Cl2N3O5S. The average molecular weight is 564 g/mol. The molecule has 0 unspecified atom stereocenters. The average Bonchev–Trinajstić information content (AvgIpc) is 2.90. The van der Waals surface area contributed by atoms with Crippen LogP contribution in [0, 0.1) is 0 Å². The van der Waals surface area contributed by atoms with Crippen LogP contribution in [0.3, 0.4) is 0 Å². The minimum Gasteiger partial charge on any atom is -0.497 e. The molecule has 0 aromatic heterocycles. The van der Waals surface area contributed by atoms with Gasteiger partial charge in [0.2, 0.25) is 11.8 Å². The van der Waals surface area contributed by atoms with Gasteiger partial charge < -0.3 is 15.0 Å². The number of likely N-dealkylation sites (N-methyl/N-ethyl adjacent to an activating group) is 1. The summed E-state index contributed by atoms with van der Waals surface area (Å²) in [7, 11) is -1.23. The van der Waals surface area contributed by atoms with Gasteiger partial charge in [-0.15, -0.1) is 0 Å². The van der Waals surface area contributed by atoms with E-state index in [1.54, 1.807) is 49.4 Å². The smallest absolute Gasteiger partial charge is 0.264 e. The third-order valence-corrected chi connectivity index (χ3v) is 8.00. The van der Waals surface area contributed by atoms with Gasteiger partial charge in [-0.1, -0.05) is 53.5 Å². The van der Waals surface area contributed by atoms with Crippen molar-refractivity contribution in [3.63, 3.8) is 0 Å². The number of carbonyl (C=O) groups is 2. The topological polar surface area (TPSA) is 96.0 Å². The zero-order valence-corrected chi connectivity index (χ0v) is 22.8.